The molecule has 1 aromatic rings. The van der Waals surface area contributed by atoms with Crippen LogP contribution in [0.15, 0.2) is 18.2 Å². The lowest BCUT2D eigenvalue weighted by atomic mass is 9.95. The number of rotatable bonds is 4. The first-order valence-corrected chi connectivity index (χ1v) is 6.36. The van der Waals surface area contributed by atoms with E-state index in [1.165, 1.54) is 5.56 Å². The topological polar surface area (TPSA) is 30.5 Å². The minimum absolute atomic E-state index is 0.319. The molecule has 1 N–H and O–H groups in total. The van der Waals surface area contributed by atoms with E-state index in [0.717, 1.165) is 30.9 Å². The molecule has 3 nitrogen and oxygen atoms in total. The van der Waals surface area contributed by atoms with Crippen LogP contribution in [0.1, 0.15) is 38.3 Å². The summed E-state index contributed by atoms with van der Waals surface area (Å²) in [6, 6.07) is 6.43. The van der Waals surface area contributed by atoms with E-state index >= 15 is 0 Å². The molecule has 0 radical (unpaired) electrons. The summed E-state index contributed by atoms with van der Waals surface area (Å²) in [7, 11) is 1.70. The number of nitrogens with one attached hydrogen (secondary N) is 1. The molecule has 3 heteroatoms. The minimum Gasteiger partial charge on any atom is -0.497 e. The lowest BCUT2D eigenvalue weighted by molar-refractivity contribution is 0.146. The number of fused-ring (bicyclic) bond motifs is 1. The third-order valence-corrected chi connectivity index (χ3v) is 3.29. The highest BCUT2D eigenvalue weighted by Gasteiger charge is 2.27. The Bertz CT molecular complexity index is 378. The van der Waals surface area contributed by atoms with Crippen LogP contribution >= 0.6 is 0 Å². The smallest absolute Gasteiger partial charge is 0.124 e. The molecule has 1 aliphatic rings. The zero-order chi connectivity index (χ0) is 12.3. The fourth-order valence-corrected chi connectivity index (χ4v) is 2.34. The molecule has 2 unspecified atom stereocenters. The van der Waals surface area contributed by atoms with Gasteiger partial charge in [0.05, 0.1) is 7.11 Å². The van der Waals surface area contributed by atoms with Gasteiger partial charge in [-0.3, -0.25) is 0 Å². The second-order valence-corrected chi connectivity index (χ2v) is 4.40. The lowest BCUT2D eigenvalue weighted by Crippen LogP contribution is -2.32. The summed E-state index contributed by atoms with van der Waals surface area (Å²) >= 11 is 0. The van der Waals surface area contributed by atoms with E-state index in [9.17, 15) is 0 Å². The van der Waals surface area contributed by atoms with Crippen LogP contribution in [0.5, 0.6) is 11.5 Å². The van der Waals surface area contributed by atoms with Gasteiger partial charge in [-0.15, -0.1) is 0 Å². The van der Waals surface area contributed by atoms with Gasteiger partial charge in [0, 0.05) is 18.0 Å². The van der Waals surface area contributed by atoms with Crippen LogP contribution < -0.4 is 14.8 Å². The Morgan fingerprint density at radius 3 is 2.88 bits per heavy atom. The zero-order valence-corrected chi connectivity index (χ0v) is 10.8. The molecule has 0 saturated heterocycles. The quantitative estimate of drug-likeness (QED) is 0.870. The molecule has 1 aliphatic heterocycles. The largest absolute Gasteiger partial charge is 0.497 e. The maximum atomic E-state index is 5.96. The van der Waals surface area contributed by atoms with Crippen LogP contribution in [0.25, 0.3) is 0 Å². The van der Waals surface area contributed by atoms with Crippen LogP contribution in [-0.2, 0) is 0 Å². The van der Waals surface area contributed by atoms with Crippen molar-refractivity contribution in [1.82, 2.24) is 5.32 Å². The summed E-state index contributed by atoms with van der Waals surface area (Å²) in [5.74, 6) is 1.89. The van der Waals surface area contributed by atoms with Crippen molar-refractivity contribution in [1.29, 1.82) is 0 Å². The zero-order valence-electron chi connectivity index (χ0n) is 10.8. The lowest BCUT2D eigenvalue weighted by Gasteiger charge is -2.32. The summed E-state index contributed by atoms with van der Waals surface area (Å²) in [5, 5.41) is 3.52. The Morgan fingerprint density at radius 1 is 1.41 bits per heavy atom. The third-order valence-electron chi connectivity index (χ3n) is 3.29. The summed E-state index contributed by atoms with van der Waals surface area (Å²) in [5.41, 5.74) is 1.22. The summed E-state index contributed by atoms with van der Waals surface area (Å²) < 4.78 is 11.2. The van der Waals surface area contributed by atoms with Crippen molar-refractivity contribution < 1.29 is 9.47 Å². The average molecular weight is 235 g/mol. The number of benzene rings is 1. The van der Waals surface area contributed by atoms with Crippen LogP contribution in [0, 0.1) is 0 Å². The molecule has 0 amide bonds. The average Bonchev–Trinajstić information content (AvgIpc) is 2.38. The van der Waals surface area contributed by atoms with E-state index < -0.39 is 0 Å². The van der Waals surface area contributed by atoms with Gasteiger partial charge in [0.2, 0.25) is 0 Å². The van der Waals surface area contributed by atoms with Crippen LogP contribution in [0.2, 0.25) is 0 Å². The van der Waals surface area contributed by atoms with Gasteiger partial charge in [-0.1, -0.05) is 13.8 Å². The van der Waals surface area contributed by atoms with E-state index in [4.69, 9.17) is 9.47 Å². The van der Waals surface area contributed by atoms with Crippen molar-refractivity contribution in [3.05, 3.63) is 23.8 Å². The maximum Gasteiger partial charge on any atom is 0.124 e. The van der Waals surface area contributed by atoms with E-state index in [1.807, 2.05) is 12.1 Å². The molecule has 2 atom stereocenters. The van der Waals surface area contributed by atoms with Crippen molar-refractivity contribution in [3.63, 3.8) is 0 Å². The minimum atomic E-state index is 0.319. The van der Waals surface area contributed by atoms with Gasteiger partial charge >= 0.3 is 0 Å². The highest BCUT2D eigenvalue weighted by atomic mass is 16.5. The molecule has 2 rings (SSSR count). The predicted molar refractivity (Wildman–Crippen MR) is 68.7 cm³/mol. The second-order valence-electron chi connectivity index (χ2n) is 4.40. The Balaban J connectivity index is 2.31. The van der Waals surface area contributed by atoms with Gasteiger partial charge < -0.3 is 14.8 Å². The third kappa shape index (κ3) is 2.55. The summed E-state index contributed by atoms with van der Waals surface area (Å²) in [4.78, 5) is 0. The monoisotopic (exact) mass is 235 g/mol. The normalized spacial score (nSPS) is 22.8. The van der Waals surface area contributed by atoms with E-state index in [0.29, 0.717) is 12.1 Å². The highest BCUT2D eigenvalue weighted by molar-refractivity contribution is 5.43. The molecule has 0 aliphatic carbocycles. The van der Waals surface area contributed by atoms with Gasteiger partial charge in [0.25, 0.3) is 0 Å². The number of ether oxygens (including phenoxy) is 2. The van der Waals surface area contributed by atoms with Gasteiger partial charge in [-0.25, -0.2) is 0 Å². The fourth-order valence-electron chi connectivity index (χ4n) is 2.34. The number of hydrogen-bond acceptors (Lipinski definition) is 3. The standard InChI is InChI=1S/C14H21NO2/c1-4-10-9-13(15-5-2)12-8-11(16-3)6-7-14(12)17-10/h6-8,10,13,15H,4-5,9H2,1-3H3. The molecule has 0 fully saturated rings. The second kappa shape index (κ2) is 5.41. The maximum absolute atomic E-state index is 5.96. The van der Waals surface area contributed by atoms with Crippen LogP contribution in [0.4, 0.5) is 0 Å². The van der Waals surface area contributed by atoms with Crippen molar-refractivity contribution in [3.8, 4) is 11.5 Å². The van der Waals surface area contributed by atoms with Crippen LogP contribution in [0.3, 0.4) is 0 Å². The van der Waals surface area contributed by atoms with Gasteiger partial charge in [-0.05, 0) is 31.2 Å². The van der Waals surface area contributed by atoms with Crippen LogP contribution in [-0.4, -0.2) is 19.8 Å². The molecular weight excluding hydrogens is 214 g/mol. The molecule has 0 saturated carbocycles. The van der Waals surface area contributed by atoms with Crippen molar-refractivity contribution in [2.45, 2.75) is 38.8 Å². The molecule has 94 valence electrons. The van der Waals surface area contributed by atoms with Gasteiger partial charge in [0.1, 0.15) is 17.6 Å². The first-order valence-electron chi connectivity index (χ1n) is 6.36. The summed E-state index contributed by atoms with van der Waals surface area (Å²) in [6.07, 6.45) is 2.40. The fraction of sp³-hybridized carbons (Fsp3) is 0.571. The van der Waals surface area contributed by atoms with Crippen molar-refractivity contribution >= 4 is 0 Å². The Morgan fingerprint density at radius 2 is 2.24 bits per heavy atom. The Labute approximate surface area is 103 Å². The molecular formula is C14H21NO2. The molecule has 0 aromatic heterocycles. The SMILES string of the molecule is CCNC1CC(CC)Oc2ccc(OC)cc21. The van der Waals surface area contributed by atoms with E-state index in [1.54, 1.807) is 7.11 Å². The molecule has 17 heavy (non-hydrogen) atoms. The molecule has 1 heterocycles. The van der Waals surface area contributed by atoms with Crippen molar-refractivity contribution in [2.75, 3.05) is 13.7 Å². The molecule has 0 spiro atoms. The summed E-state index contributed by atoms with van der Waals surface area (Å²) in [6.45, 7) is 5.27. The Kier molecular flexibility index (Phi) is 3.89. The van der Waals surface area contributed by atoms with Gasteiger partial charge in [-0.2, -0.15) is 0 Å². The van der Waals surface area contributed by atoms with E-state index in [2.05, 4.69) is 25.2 Å². The molecule has 0 bridgehead atoms. The predicted octanol–water partition coefficient (Wildman–Crippen LogP) is 2.91. The van der Waals surface area contributed by atoms with Crippen molar-refractivity contribution in [2.24, 2.45) is 0 Å². The number of methoxy groups -OCH3 is 1. The first kappa shape index (κ1) is 12.2. The van der Waals surface area contributed by atoms with E-state index in [-0.39, 0.29) is 0 Å². The number of hydrogen-bond donors (Lipinski definition) is 1. The first-order chi connectivity index (χ1) is 8.28. The van der Waals surface area contributed by atoms with Gasteiger partial charge in [0.15, 0.2) is 0 Å². The Hall–Kier alpha value is -1.22. The highest BCUT2D eigenvalue weighted by Crippen LogP contribution is 2.37. The molecule has 1 aromatic carbocycles.